The molecule has 0 atom stereocenters. The summed E-state index contributed by atoms with van der Waals surface area (Å²) in [5, 5.41) is 10.6. The van der Waals surface area contributed by atoms with Crippen LogP contribution in [-0.4, -0.2) is 57.2 Å². The molecule has 0 unspecified atom stereocenters. The topological polar surface area (TPSA) is 93.2 Å². The minimum atomic E-state index is -0.247. The maximum Gasteiger partial charge on any atom is 0.244 e. The van der Waals surface area contributed by atoms with Crippen molar-refractivity contribution in [2.24, 2.45) is 0 Å². The van der Waals surface area contributed by atoms with Gasteiger partial charge >= 0.3 is 0 Å². The molecule has 1 saturated heterocycles. The Balaban J connectivity index is 1.59. The third-order valence-electron chi connectivity index (χ3n) is 3.67. The third-order valence-corrected chi connectivity index (χ3v) is 3.67. The minimum Gasteiger partial charge on any atom is -0.367 e. The molecule has 1 aliphatic heterocycles. The molecule has 22 heavy (non-hydrogen) atoms. The summed E-state index contributed by atoms with van der Waals surface area (Å²) in [6.07, 6.45) is 0. The second-order valence-electron chi connectivity index (χ2n) is 5.01. The Bertz CT molecular complexity index is 666. The fraction of sp³-hybridized carbons (Fsp3) is 0.385. The molecule has 1 fully saturated rings. The van der Waals surface area contributed by atoms with E-state index in [9.17, 15) is 9.18 Å². The minimum absolute atomic E-state index is 0.0124. The van der Waals surface area contributed by atoms with Gasteiger partial charge in [0.2, 0.25) is 11.9 Å². The van der Waals surface area contributed by atoms with Crippen LogP contribution in [0.3, 0.4) is 0 Å². The lowest BCUT2D eigenvalue weighted by Crippen LogP contribution is -2.50. The second kappa shape index (κ2) is 5.96. The van der Waals surface area contributed by atoms with Crippen LogP contribution in [0.1, 0.15) is 0 Å². The van der Waals surface area contributed by atoms with Gasteiger partial charge in [0.15, 0.2) is 0 Å². The van der Waals surface area contributed by atoms with Crippen LogP contribution in [0.15, 0.2) is 24.3 Å². The van der Waals surface area contributed by atoms with E-state index in [0.717, 1.165) is 0 Å². The molecule has 116 valence electrons. The van der Waals surface area contributed by atoms with Crippen LogP contribution in [0.4, 0.5) is 16.0 Å². The standard InChI is InChI=1S/C13H16FN7O/c14-10-3-1-2-4-11(10)19-5-7-20(8-6-19)12(22)9-21-13(15)16-17-18-21/h1-4H,5-9H2,(H2,15,16,18). The molecule has 1 aliphatic rings. The highest BCUT2D eigenvalue weighted by molar-refractivity contribution is 5.76. The normalized spacial score (nSPS) is 15.1. The number of nitrogens with zero attached hydrogens (tertiary/aromatic N) is 6. The number of benzene rings is 1. The lowest BCUT2D eigenvalue weighted by Gasteiger charge is -2.36. The zero-order valence-corrected chi connectivity index (χ0v) is 11.9. The Morgan fingerprint density at radius 1 is 1.23 bits per heavy atom. The largest absolute Gasteiger partial charge is 0.367 e. The van der Waals surface area contributed by atoms with Gasteiger partial charge in [-0.3, -0.25) is 4.79 Å². The molecule has 0 saturated carbocycles. The number of anilines is 2. The number of piperazine rings is 1. The van der Waals surface area contributed by atoms with Gasteiger partial charge in [-0.25, -0.2) is 9.07 Å². The number of amides is 1. The molecule has 0 radical (unpaired) electrons. The number of nitrogen functional groups attached to an aromatic ring is 1. The summed E-state index contributed by atoms with van der Waals surface area (Å²) in [6.45, 7) is 2.22. The van der Waals surface area contributed by atoms with E-state index >= 15 is 0 Å². The molecule has 2 heterocycles. The van der Waals surface area contributed by atoms with Gasteiger partial charge in [-0.2, -0.15) is 0 Å². The predicted octanol–water partition coefficient (Wildman–Crippen LogP) is -0.257. The van der Waals surface area contributed by atoms with Gasteiger partial charge in [-0.05, 0) is 22.6 Å². The first kappa shape index (κ1) is 14.2. The van der Waals surface area contributed by atoms with Crippen molar-refractivity contribution in [3.8, 4) is 0 Å². The highest BCUT2D eigenvalue weighted by Gasteiger charge is 2.23. The average Bonchev–Trinajstić information content (AvgIpc) is 2.93. The van der Waals surface area contributed by atoms with E-state index in [1.165, 1.54) is 10.7 Å². The molecule has 2 N–H and O–H groups in total. The van der Waals surface area contributed by atoms with Crippen molar-refractivity contribution in [3.05, 3.63) is 30.1 Å². The highest BCUT2D eigenvalue weighted by atomic mass is 19.1. The molecular weight excluding hydrogens is 289 g/mol. The number of tetrazole rings is 1. The van der Waals surface area contributed by atoms with E-state index in [4.69, 9.17) is 5.73 Å². The van der Waals surface area contributed by atoms with Crippen LogP contribution < -0.4 is 10.6 Å². The monoisotopic (exact) mass is 305 g/mol. The van der Waals surface area contributed by atoms with Crippen molar-refractivity contribution in [1.29, 1.82) is 0 Å². The van der Waals surface area contributed by atoms with E-state index in [-0.39, 0.29) is 24.2 Å². The fourth-order valence-corrected chi connectivity index (χ4v) is 2.46. The van der Waals surface area contributed by atoms with E-state index in [2.05, 4.69) is 15.5 Å². The van der Waals surface area contributed by atoms with Crippen LogP contribution in [-0.2, 0) is 11.3 Å². The number of rotatable bonds is 3. The van der Waals surface area contributed by atoms with Crippen LogP contribution in [0, 0.1) is 5.82 Å². The van der Waals surface area contributed by atoms with Gasteiger partial charge in [-0.1, -0.05) is 17.2 Å². The summed E-state index contributed by atoms with van der Waals surface area (Å²) < 4.78 is 15.0. The van der Waals surface area contributed by atoms with Crippen molar-refractivity contribution in [1.82, 2.24) is 25.1 Å². The number of hydrogen-bond acceptors (Lipinski definition) is 6. The predicted molar refractivity (Wildman–Crippen MR) is 77.4 cm³/mol. The summed E-state index contributed by atoms with van der Waals surface area (Å²) in [5.41, 5.74) is 6.11. The maximum absolute atomic E-state index is 13.8. The zero-order chi connectivity index (χ0) is 15.5. The summed E-state index contributed by atoms with van der Waals surface area (Å²) in [6, 6.07) is 6.65. The van der Waals surface area contributed by atoms with Gasteiger partial charge in [0.05, 0.1) is 5.69 Å². The molecule has 2 aromatic rings. The SMILES string of the molecule is Nc1nnnn1CC(=O)N1CCN(c2ccccc2F)CC1. The molecule has 1 aromatic heterocycles. The van der Waals surface area contributed by atoms with E-state index in [1.54, 1.807) is 23.1 Å². The number of nitrogens with two attached hydrogens (primary N) is 1. The van der Waals surface area contributed by atoms with Crippen molar-refractivity contribution in [2.75, 3.05) is 36.8 Å². The summed E-state index contributed by atoms with van der Waals surface area (Å²) >= 11 is 0. The van der Waals surface area contributed by atoms with Crippen molar-refractivity contribution in [3.63, 3.8) is 0 Å². The molecule has 9 heteroatoms. The average molecular weight is 305 g/mol. The molecule has 1 aromatic carbocycles. The number of para-hydroxylation sites is 1. The zero-order valence-electron chi connectivity index (χ0n) is 11.9. The Morgan fingerprint density at radius 2 is 1.95 bits per heavy atom. The number of hydrogen-bond donors (Lipinski definition) is 1. The fourth-order valence-electron chi connectivity index (χ4n) is 2.46. The highest BCUT2D eigenvalue weighted by Crippen LogP contribution is 2.20. The van der Waals surface area contributed by atoms with Gasteiger partial charge in [0.1, 0.15) is 12.4 Å². The molecule has 0 spiro atoms. The summed E-state index contributed by atoms with van der Waals surface area (Å²) in [7, 11) is 0. The lowest BCUT2D eigenvalue weighted by molar-refractivity contribution is -0.132. The number of carbonyl (C=O) groups is 1. The molecule has 8 nitrogen and oxygen atoms in total. The molecular formula is C13H16FN7O. The molecule has 0 aliphatic carbocycles. The van der Waals surface area contributed by atoms with Gasteiger partial charge in [-0.15, -0.1) is 0 Å². The van der Waals surface area contributed by atoms with Crippen molar-refractivity contribution < 1.29 is 9.18 Å². The summed E-state index contributed by atoms with van der Waals surface area (Å²) in [5.74, 6) is -0.241. The summed E-state index contributed by atoms with van der Waals surface area (Å²) in [4.78, 5) is 15.8. The van der Waals surface area contributed by atoms with Crippen LogP contribution in [0.2, 0.25) is 0 Å². The van der Waals surface area contributed by atoms with Crippen molar-refractivity contribution >= 4 is 17.5 Å². The smallest absolute Gasteiger partial charge is 0.244 e. The van der Waals surface area contributed by atoms with E-state index in [0.29, 0.717) is 31.9 Å². The van der Waals surface area contributed by atoms with Gasteiger partial charge < -0.3 is 15.5 Å². The quantitative estimate of drug-likeness (QED) is 0.840. The Labute approximate surface area is 126 Å². The first-order valence-corrected chi connectivity index (χ1v) is 6.94. The van der Waals surface area contributed by atoms with Gasteiger partial charge in [0.25, 0.3) is 0 Å². The Kier molecular flexibility index (Phi) is 3.86. The third kappa shape index (κ3) is 2.83. The van der Waals surface area contributed by atoms with Crippen LogP contribution in [0.25, 0.3) is 0 Å². The first-order chi connectivity index (χ1) is 10.6. The van der Waals surface area contributed by atoms with Crippen LogP contribution in [0.5, 0.6) is 0 Å². The molecule has 3 rings (SSSR count). The van der Waals surface area contributed by atoms with E-state index in [1.807, 2.05) is 4.90 Å². The maximum atomic E-state index is 13.8. The Hall–Kier alpha value is -2.71. The van der Waals surface area contributed by atoms with Crippen molar-refractivity contribution in [2.45, 2.75) is 6.54 Å². The number of aromatic nitrogens is 4. The molecule has 0 bridgehead atoms. The van der Waals surface area contributed by atoms with Gasteiger partial charge in [0, 0.05) is 26.2 Å². The first-order valence-electron chi connectivity index (χ1n) is 6.94. The second-order valence-corrected chi connectivity index (χ2v) is 5.01. The van der Waals surface area contributed by atoms with Crippen LogP contribution >= 0.6 is 0 Å². The number of carbonyl (C=O) groups excluding carboxylic acids is 1. The van der Waals surface area contributed by atoms with E-state index < -0.39 is 0 Å². The lowest BCUT2D eigenvalue weighted by atomic mass is 10.2. The number of halogens is 1. The molecule has 1 amide bonds. The Morgan fingerprint density at radius 3 is 2.59 bits per heavy atom.